The highest BCUT2D eigenvalue weighted by molar-refractivity contribution is 6.01. The molecular formula is C16H19N3O4. The van der Waals surface area contributed by atoms with Crippen LogP contribution in [-0.4, -0.2) is 40.8 Å². The Labute approximate surface area is 134 Å². The molecule has 1 fully saturated rings. The van der Waals surface area contributed by atoms with Crippen molar-refractivity contribution in [3.8, 4) is 0 Å². The topological polar surface area (TPSA) is 83.8 Å². The van der Waals surface area contributed by atoms with Gasteiger partial charge in [0.15, 0.2) is 0 Å². The Bertz CT molecular complexity index is 688. The molecule has 23 heavy (non-hydrogen) atoms. The average Bonchev–Trinajstić information content (AvgIpc) is 3.04. The third-order valence-corrected chi connectivity index (χ3v) is 4.67. The van der Waals surface area contributed by atoms with E-state index in [0.29, 0.717) is 19.5 Å². The van der Waals surface area contributed by atoms with Gasteiger partial charge in [-0.2, -0.15) is 0 Å². The summed E-state index contributed by atoms with van der Waals surface area (Å²) in [7, 11) is 0. The zero-order valence-corrected chi connectivity index (χ0v) is 13.2. The second kappa shape index (κ2) is 5.64. The van der Waals surface area contributed by atoms with Gasteiger partial charge in [0.05, 0.1) is 10.8 Å². The summed E-state index contributed by atoms with van der Waals surface area (Å²) < 4.78 is 0. The highest BCUT2D eigenvalue weighted by Gasteiger charge is 2.40. The van der Waals surface area contributed by atoms with E-state index < -0.39 is 4.92 Å². The van der Waals surface area contributed by atoms with Crippen molar-refractivity contribution in [1.29, 1.82) is 0 Å². The molecule has 7 nitrogen and oxygen atoms in total. The standard InChI is InChI=1S/C16H19N3O4/c1-3-17-9-12(8-15(17)20)16(21)18-10(2)6-11-7-13(19(22)23)4-5-14(11)18/h4-5,7,10,12H,3,6,8-9H2,1-2H3/t10-,12+/m0/s1. The predicted octanol–water partition coefficient (Wildman–Crippen LogP) is 1.74. The smallest absolute Gasteiger partial charge is 0.269 e. The predicted molar refractivity (Wildman–Crippen MR) is 84.1 cm³/mol. The third-order valence-electron chi connectivity index (χ3n) is 4.67. The maximum Gasteiger partial charge on any atom is 0.269 e. The van der Waals surface area contributed by atoms with Gasteiger partial charge in [0, 0.05) is 43.4 Å². The first-order valence-electron chi connectivity index (χ1n) is 7.80. The van der Waals surface area contributed by atoms with E-state index in [1.807, 2.05) is 13.8 Å². The molecule has 2 atom stereocenters. The summed E-state index contributed by atoms with van der Waals surface area (Å²) in [6.07, 6.45) is 0.846. The first-order chi connectivity index (χ1) is 10.9. The van der Waals surface area contributed by atoms with Crippen LogP contribution in [0.1, 0.15) is 25.8 Å². The van der Waals surface area contributed by atoms with E-state index >= 15 is 0 Å². The summed E-state index contributed by atoms with van der Waals surface area (Å²) in [5.41, 5.74) is 1.59. The zero-order valence-electron chi connectivity index (χ0n) is 13.2. The van der Waals surface area contributed by atoms with Crippen molar-refractivity contribution in [2.24, 2.45) is 5.92 Å². The van der Waals surface area contributed by atoms with Crippen molar-refractivity contribution in [1.82, 2.24) is 4.90 Å². The van der Waals surface area contributed by atoms with E-state index in [2.05, 4.69) is 0 Å². The molecule has 1 aromatic rings. The molecule has 1 aromatic carbocycles. The van der Waals surface area contributed by atoms with Crippen LogP contribution in [0.15, 0.2) is 18.2 Å². The van der Waals surface area contributed by atoms with Crippen LogP contribution in [-0.2, 0) is 16.0 Å². The highest BCUT2D eigenvalue weighted by Crippen LogP contribution is 2.36. The van der Waals surface area contributed by atoms with Crippen LogP contribution < -0.4 is 4.90 Å². The van der Waals surface area contributed by atoms with Crippen LogP contribution in [0.5, 0.6) is 0 Å². The number of fused-ring (bicyclic) bond motifs is 1. The highest BCUT2D eigenvalue weighted by atomic mass is 16.6. The molecule has 0 radical (unpaired) electrons. The minimum Gasteiger partial charge on any atom is -0.342 e. The number of rotatable bonds is 3. The molecule has 1 saturated heterocycles. The molecule has 2 amide bonds. The molecule has 2 heterocycles. The molecular weight excluding hydrogens is 298 g/mol. The fraction of sp³-hybridized carbons (Fsp3) is 0.500. The van der Waals surface area contributed by atoms with E-state index in [-0.39, 0.29) is 35.9 Å². The molecule has 122 valence electrons. The molecule has 0 aromatic heterocycles. The van der Waals surface area contributed by atoms with Crippen LogP contribution in [0.25, 0.3) is 0 Å². The average molecular weight is 317 g/mol. The number of anilines is 1. The van der Waals surface area contributed by atoms with Crippen molar-refractivity contribution in [3.63, 3.8) is 0 Å². The lowest BCUT2D eigenvalue weighted by molar-refractivity contribution is -0.384. The largest absolute Gasteiger partial charge is 0.342 e. The Morgan fingerprint density at radius 3 is 2.74 bits per heavy atom. The van der Waals surface area contributed by atoms with Crippen LogP contribution in [0, 0.1) is 16.0 Å². The Balaban J connectivity index is 1.86. The molecule has 0 bridgehead atoms. The van der Waals surface area contributed by atoms with E-state index in [4.69, 9.17) is 0 Å². The summed E-state index contributed by atoms with van der Waals surface area (Å²) in [5.74, 6) is -0.373. The lowest BCUT2D eigenvalue weighted by Crippen LogP contribution is -2.41. The van der Waals surface area contributed by atoms with Gasteiger partial charge in [-0.1, -0.05) is 0 Å². The summed E-state index contributed by atoms with van der Waals surface area (Å²) in [6, 6.07) is 4.56. The number of hydrogen-bond donors (Lipinski definition) is 0. The number of benzene rings is 1. The van der Waals surface area contributed by atoms with E-state index in [1.54, 1.807) is 15.9 Å². The normalized spacial score (nSPS) is 23.3. The van der Waals surface area contributed by atoms with E-state index in [9.17, 15) is 19.7 Å². The first-order valence-corrected chi connectivity index (χ1v) is 7.80. The molecule has 2 aliphatic rings. The fourth-order valence-corrected chi connectivity index (χ4v) is 3.51. The molecule has 0 saturated carbocycles. The van der Waals surface area contributed by atoms with Crippen molar-refractivity contribution in [3.05, 3.63) is 33.9 Å². The Kier molecular flexibility index (Phi) is 3.79. The number of non-ortho nitro benzene ring substituents is 1. The SMILES string of the molecule is CCN1C[C@H](C(=O)N2c3ccc([N+](=O)[O-])cc3C[C@@H]2C)CC1=O. The zero-order chi connectivity index (χ0) is 16.7. The van der Waals surface area contributed by atoms with Gasteiger partial charge in [-0.15, -0.1) is 0 Å². The number of carbonyl (C=O) groups excluding carboxylic acids is 2. The van der Waals surface area contributed by atoms with Gasteiger partial charge in [0.1, 0.15) is 0 Å². The number of nitro groups is 1. The summed E-state index contributed by atoms with van der Waals surface area (Å²) in [4.78, 5) is 38.6. The first kappa shape index (κ1) is 15.5. The number of nitro benzene ring substituents is 1. The summed E-state index contributed by atoms with van der Waals surface area (Å²) >= 11 is 0. The van der Waals surface area contributed by atoms with Crippen molar-refractivity contribution in [2.45, 2.75) is 32.7 Å². The molecule has 0 N–H and O–H groups in total. The van der Waals surface area contributed by atoms with Gasteiger partial charge >= 0.3 is 0 Å². The molecule has 2 aliphatic heterocycles. The van der Waals surface area contributed by atoms with Crippen molar-refractivity contribution in [2.75, 3.05) is 18.0 Å². The summed E-state index contributed by atoms with van der Waals surface area (Å²) in [6.45, 7) is 4.90. The Morgan fingerprint density at radius 1 is 1.39 bits per heavy atom. The van der Waals surface area contributed by atoms with Crippen LogP contribution >= 0.6 is 0 Å². The number of amides is 2. The molecule has 0 aliphatic carbocycles. The molecule has 0 spiro atoms. The summed E-state index contributed by atoms with van der Waals surface area (Å²) in [5, 5.41) is 10.9. The van der Waals surface area contributed by atoms with Crippen LogP contribution in [0.3, 0.4) is 0 Å². The van der Waals surface area contributed by atoms with Gasteiger partial charge in [0.25, 0.3) is 5.69 Å². The number of nitrogens with zero attached hydrogens (tertiary/aromatic N) is 3. The quantitative estimate of drug-likeness (QED) is 0.628. The lowest BCUT2D eigenvalue weighted by Gasteiger charge is -2.25. The van der Waals surface area contributed by atoms with Crippen molar-refractivity contribution < 1.29 is 14.5 Å². The molecule has 0 unspecified atom stereocenters. The Hall–Kier alpha value is -2.44. The van der Waals surface area contributed by atoms with Crippen LogP contribution in [0.4, 0.5) is 11.4 Å². The monoisotopic (exact) mass is 317 g/mol. The van der Waals surface area contributed by atoms with E-state index in [0.717, 1.165) is 11.3 Å². The van der Waals surface area contributed by atoms with Gasteiger partial charge in [0.2, 0.25) is 11.8 Å². The number of carbonyl (C=O) groups is 2. The van der Waals surface area contributed by atoms with E-state index in [1.165, 1.54) is 12.1 Å². The molecule has 3 rings (SSSR count). The number of likely N-dealkylation sites (tertiary alicyclic amines) is 1. The minimum atomic E-state index is -0.426. The third kappa shape index (κ3) is 2.56. The number of hydrogen-bond acceptors (Lipinski definition) is 4. The maximum absolute atomic E-state index is 12.9. The second-order valence-electron chi connectivity index (χ2n) is 6.16. The van der Waals surface area contributed by atoms with Crippen molar-refractivity contribution >= 4 is 23.2 Å². The fourth-order valence-electron chi connectivity index (χ4n) is 3.51. The maximum atomic E-state index is 12.9. The van der Waals surface area contributed by atoms with Gasteiger partial charge < -0.3 is 9.80 Å². The van der Waals surface area contributed by atoms with Gasteiger partial charge in [-0.3, -0.25) is 19.7 Å². The van der Waals surface area contributed by atoms with Gasteiger partial charge in [-0.05, 0) is 31.9 Å². The molecule has 7 heteroatoms. The minimum absolute atomic E-state index is 0.0154. The second-order valence-corrected chi connectivity index (χ2v) is 6.16. The lowest BCUT2D eigenvalue weighted by atomic mass is 10.1. The van der Waals surface area contributed by atoms with Gasteiger partial charge in [-0.25, -0.2) is 0 Å². The Morgan fingerprint density at radius 2 is 2.13 bits per heavy atom. The van der Waals surface area contributed by atoms with Crippen LogP contribution in [0.2, 0.25) is 0 Å².